The summed E-state index contributed by atoms with van der Waals surface area (Å²) in [5.41, 5.74) is 5.61. The predicted octanol–water partition coefficient (Wildman–Crippen LogP) is 2.14. The van der Waals surface area contributed by atoms with E-state index in [4.69, 9.17) is 5.11 Å². The molecule has 0 bridgehead atoms. The summed E-state index contributed by atoms with van der Waals surface area (Å²) in [6.45, 7) is 2.59. The molecule has 2 aromatic rings. The van der Waals surface area contributed by atoms with Crippen LogP contribution in [0.3, 0.4) is 0 Å². The van der Waals surface area contributed by atoms with E-state index in [9.17, 15) is 4.79 Å². The van der Waals surface area contributed by atoms with E-state index in [1.807, 2.05) is 0 Å². The van der Waals surface area contributed by atoms with Gasteiger partial charge in [-0.3, -0.25) is 0 Å². The van der Waals surface area contributed by atoms with Crippen LogP contribution in [-0.4, -0.2) is 51.4 Å². The van der Waals surface area contributed by atoms with Crippen LogP contribution < -0.4 is 4.35 Å². The maximum absolute atomic E-state index is 10.9. The van der Waals surface area contributed by atoms with E-state index >= 15 is 0 Å². The molecule has 2 aromatic carbocycles. The van der Waals surface area contributed by atoms with Crippen molar-refractivity contribution in [1.82, 2.24) is 4.90 Å². The molecule has 0 spiro atoms. The summed E-state index contributed by atoms with van der Waals surface area (Å²) in [6.07, 6.45) is 0.230. The summed E-state index contributed by atoms with van der Waals surface area (Å²) < 4.78 is 2.16. The van der Waals surface area contributed by atoms with E-state index in [0.717, 1.165) is 13.1 Å². The molecule has 0 aliphatic carbocycles. The molecule has 0 aromatic heterocycles. The van der Waals surface area contributed by atoms with Crippen molar-refractivity contribution in [3.8, 4) is 0 Å². The molecule has 2 aliphatic rings. The Bertz CT molecular complexity index is 800. The third-order valence-electron chi connectivity index (χ3n) is 4.81. The van der Waals surface area contributed by atoms with Gasteiger partial charge in [-0.15, -0.1) is 0 Å². The molecule has 1 fully saturated rings. The van der Waals surface area contributed by atoms with Gasteiger partial charge in [0.2, 0.25) is 0 Å². The molecule has 0 radical (unpaired) electrons. The number of rotatable bonds is 4. The second-order valence-corrected chi connectivity index (χ2v) is 9.59. The maximum atomic E-state index is 10.9. The SMILES string of the molecule is O=C(O)CCN1CC2=C(c3ccccc3)c3ccccc3[AsH]C2C1. The van der Waals surface area contributed by atoms with Crippen LogP contribution in [0.2, 0.25) is 4.71 Å². The number of aliphatic carboxylic acids is 1. The minimum atomic E-state index is -0.707. The molecule has 2 aliphatic heterocycles. The predicted molar refractivity (Wildman–Crippen MR) is 98.1 cm³/mol. The molecule has 1 N–H and O–H groups in total. The van der Waals surface area contributed by atoms with E-state index < -0.39 is 5.97 Å². The van der Waals surface area contributed by atoms with Crippen LogP contribution in [0.15, 0.2) is 60.2 Å². The summed E-state index contributed by atoms with van der Waals surface area (Å²) in [7, 11) is 0. The van der Waals surface area contributed by atoms with Gasteiger partial charge in [0.25, 0.3) is 0 Å². The number of carbonyl (C=O) groups is 1. The van der Waals surface area contributed by atoms with Gasteiger partial charge in [-0.25, -0.2) is 0 Å². The van der Waals surface area contributed by atoms with Gasteiger partial charge in [-0.1, -0.05) is 0 Å². The Hall–Kier alpha value is -1.83. The van der Waals surface area contributed by atoms with Crippen molar-refractivity contribution in [3.05, 3.63) is 71.3 Å². The number of hydrogen-bond acceptors (Lipinski definition) is 2. The molecular formula is C20H20AsNO2. The summed E-state index contributed by atoms with van der Waals surface area (Å²) in [6, 6.07) is 19.5. The van der Waals surface area contributed by atoms with Crippen LogP contribution >= 0.6 is 0 Å². The first-order valence-electron chi connectivity index (χ1n) is 8.31. The Morgan fingerprint density at radius 3 is 2.67 bits per heavy atom. The minimum absolute atomic E-state index is 0.223. The summed E-state index contributed by atoms with van der Waals surface area (Å²) in [5.74, 6) is -0.707. The van der Waals surface area contributed by atoms with Gasteiger partial charge in [-0.05, 0) is 0 Å². The van der Waals surface area contributed by atoms with Crippen LogP contribution in [0.5, 0.6) is 0 Å². The van der Waals surface area contributed by atoms with Crippen molar-refractivity contribution in [2.24, 2.45) is 0 Å². The van der Waals surface area contributed by atoms with Gasteiger partial charge in [0.1, 0.15) is 0 Å². The Labute approximate surface area is 148 Å². The van der Waals surface area contributed by atoms with E-state index in [-0.39, 0.29) is 22.2 Å². The number of carboxylic acid groups (broad SMARTS) is 1. The summed E-state index contributed by atoms with van der Waals surface area (Å²) in [5, 5.41) is 8.97. The molecule has 0 saturated carbocycles. The number of fused-ring (bicyclic) bond motifs is 2. The molecule has 24 heavy (non-hydrogen) atoms. The van der Waals surface area contributed by atoms with Gasteiger partial charge in [0, 0.05) is 0 Å². The first-order chi connectivity index (χ1) is 11.7. The molecule has 2 unspecified atom stereocenters. The summed E-state index contributed by atoms with van der Waals surface area (Å²) in [4.78, 5) is 13.2. The fourth-order valence-electron chi connectivity index (χ4n) is 3.73. The molecule has 2 atom stereocenters. The first-order valence-corrected chi connectivity index (χ1v) is 10.6. The molecule has 2 heterocycles. The zero-order chi connectivity index (χ0) is 16.5. The van der Waals surface area contributed by atoms with Crippen molar-refractivity contribution >= 4 is 31.6 Å². The zero-order valence-corrected chi connectivity index (χ0v) is 15.5. The fraction of sp³-hybridized carbons (Fsp3) is 0.250. The van der Waals surface area contributed by atoms with Crippen molar-refractivity contribution in [1.29, 1.82) is 0 Å². The molecule has 3 nitrogen and oxygen atoms in total. The van der Waals surface area contributed by atoms with Gasteiger partial charge in [0.15, 0.2) is 0 Å². The van der Waals surface area contributed by atoms with E-state index in [0.29, 0.717) is 11.3 Å². The van der Waals surface area contributed by atoms with Crippen LogP contribution in [-0.2, 0) is 4.79 Å². The quantitative estimate of drug-likeness (QED) is 0.826. The van der Waals surface area contributed by atoms with Crippen LogP contribution in [0, 0.1) is 0 Å². The molecule has 122 valence electrons. The van der Waals surface area contributed by atoms with E-state index in [2.05, 4.69) is 59.5 Å². The number of benzene rings is 2. The van der Waals surface area contributed by atoms with Crippen LogP contribution in [0.4, 0.5) is 0 Å². The standard InChI is InChI=1S/C20H20AsNO2/c23-19(24)10-11-22-12-16-18(13-22)21-17-9-5-4-8-15(17)20(16)14-6-2-1-3-7-14/h1-9,18,21H,10-13H2,(H,23,24). The Balaban J connectivity index is 1.75. The first kappa shape index (κ1) is 15.7. The molecular weight excluding hydrogens is 361 g/mol. The Morgan fingerprint density at radius 2 is 1.88 bits per heavy atom. The van der Waals surface area contributed by atoms with Crippen LogP contribution in [0.1, 0.15) is 17.5 Å². The molecule has 4 rings (SSSR count). The van der Waals surface area contributed by atoms with Crippen LogP contribution in [0.25, 0.3) is 5.57 Å². The average Bonchev–Trinajstić information content (AvgIpc) is 3.01. The third-order valence-corrected chi connectivity index (χ3v) is 8.22. The van der Waals surface area contributed by atoms with Crippen molar-refractivity contribution < 1.29 is 9.90 Å². The molecule has 1 saturated heterocycles. The Morgan fingerprint density at radius 1 is 1.12 bits per heavy atom. The average molecular weight is 381 g/mol. The van der Waals surface area contributed by atoms with Crippen molar-refractivity contribution in [3.63, 3.8) is 0 Å². The second kappa shape index (κ2) is 6.58. The monoisotopic (exact) mass is 381 g/mol. The zero-order valence-electron chi connectivity index (χ0n) is 13.4. The topological polar surface area (TPSA) is 40.5 Å². The Kier molecular flexibility index (Phi) is 4.30. The van der Waals surface area contributed by atoms with Gasteiger partial charge in [-0.2, -0.15) is 0 Å². The fourth-order valence-corrected chi connectivity index (χ4v) is 7.28. The van der Waals surface area contributed by atoms with Gasteiger partial charge < -0.3 is 0 Å². The summed E-state index contributed by atoms with van der Waals surface area (Å²) >= 11 is -0.223. The number of nitrogens with zero attached hydrogens (tertiary/aromatic N) is 1. The normalized spacial score (nSPS) is 20.9. The number of carboxylic acids is 1. The van der Waals surface area contributed by atoms with Crippen molar-refractivity contribution in [2.45, 2.75) is 11.1 Å². The van der Waals surface area contributed by atoms with E-state index in [1.54, 1.807) is 0 Å². The number of hydrogen-bond donors (Lipinski definition) is 1. The van der Waals surface area contributed by atoms with Gasteiger partial charge >= 0.3 is 149 Å². The second-order valence-electron chi connectivity index (χ2n) is 6.39. The third kappa shape index (κ3) is 2.94. The van der Waals surface area contributed by atoms with E-state index in [1.165, 1.54) is 26.6 Å². The molecule has 0 amide bonds. The number of likely N-dealkylation sites (tertiary alicyclic amines) is 1. The van der Waals surface area contributed by atoms with Gasteiger partial charge in [0.05, 0.1) is 0 Å². The molecule has 4 heteroatoms. The van der Waals surface area contributed by atoms with Crippen molar-refractivity contribution in [2.75, 3.05) is 19.6 Å².